The molecule has 1 aromatic heterocycles. The molecule has 3 aromatic rings. The van der Waals surface area contributed by atoms with Gasteiger partial charge in [0, 0.05) is 22.6 Å². The van der Waals surface area contributed by atoms with Crippen LogP contribution in [0.3, 0.4) is 0 Å². The molecule has 0 radical (unpaired) electrons. The largest absolute Gasteiger partial charge is 0.324 e. The Kier molecular flexibility index (Phi) is 3.55. The maximum absolute atomic E-state index is 6.15. The van der Waals surface area contributed by atoms with Crippen molar-refractivity contribution in [3.05, 3.63) is 72.3 Å². The van der Waals surface area contributed by atoms with Crippen LogP contribution in [-0.2, 0) is 0 Å². The molecular formula is C19H18N2. The number of fused-ring (bicyclic) bond motifs is 1. The monoisotopic (exact) mass is 274 g/mol. The molecule has 21 heavy (non-hydrogen) atoms. The van der Waals surface area contributed by atoms with Gasteiger partial charge in [0.2, 0.25) is 0 Å². The van der Waals surface area contributed by atoms with E-state index in [9.17, 15) is 0 Å². The zero-order valence-electron chi connectivity index (χ0n) is 12.1. The second kappa shape index (κ2) is 5.51. The molecule has 1 unspecified atom stereocenters. The third-order valence-corrected chi connectivity index (χ3v) is 3.66. The lowest BCUT2D eigenvalue weighted by atomic mass is 9.98. The molecule has 3 rings (SSSR count). The van der Waals surface area contributed by atoms with Gasteiger partial charge in [0.25, 0.3) is 0 Å². The fraction of sp³-hybridized carbons (Fsp3) is 0.105. The molecule has 0 aliphatic rings. The predicted molar refractivity (Wildman–Crippen MR) is 89.9 cm³/mol. The van der Waals surface area contributed by atoms with Crippen LogP contribution in [0.1, 0.15) is 24.1 Å². The summed E-state index contributed by atoms with van der Waals surface area (Å²) in [6.07, 6.45) is 1.84. The van der Waals surface area contributed by atoms with Crippen LogP contribution < -0.4 is 5.73 Å². The Morgan fingerprint density at radius 3 is 2.52 bits per heavy atom. The molecule has 1 heterocycles. The Labute approximate surface area is 124 Å². The van der Waals surface area contributed by atoms with Crippen molar-refractivity contribution in [3.63, 3.8) is 0 Å². The molecule has 1 atom stereocenters. The maximum Gasteiger partial charge on any atom is 0.0781 e. The van der Waals surface area contributed by atoms with E-state index in [0.29, 0.717) is 0 Å². The molecule has 0 saturated heterocycles. The van der Waals surface area contributed by atoms with Crippen molar-refractivity contribution in [1.82, 2.24) is 4.98 Å². The third-order valence-electron chi connectivity index (χ3n) is 3.66. The normalized spacial score (nSPS) is 12.3. The molecular weight excluding hydrogens is 256 g/mol. The van der Waals surface area contributed by atoms with Crippen LogP contribution in [0.5, 0.6) is 0 Å². The number of hydrogen-bond donors (Lipinski definition) is 1. The van der Waals surface area contributed by atoms with Gasteiger partial charge < -0.3 is 5.73 Å². The van der Waals surface area contributed by atoms with Crippen LogP contribution in [0.15, 0.2) is 61.2 Å². The highest BCUT2D eigenvalue weighted by atomic mass is 14.7. The first kappa shape index (κ1) is 13.5. The maximum atomic E-state index is 6.15. The van der Waals surface area contributed by atoms with Crippen molar-refractivity contribution in [3.8, 4) is 11.3 Å². The van der Waals surface area contributed by atoms with Gasteiger partial charge in [-0.25, -0.2) is 4.98 Å². The average Bonchev–Trinajstić information content (AvgIpc) is 2.53. The van der Waals surface area contributed by atoms with Crippen LogP contribution in [0, 0.1) is 0 Å². The van der Waals surface area contributed by atoms with Crippen molar-refractivity contribution in [2.45, 2.75) is 13.0 Å². The van der Waals surface area contributed by atoms with Crippen molar-refractivity contribution >= 4 is 17.0 Å². The average molecular weight is 274 g/mol. The van der Waals surface area contributed by atoms with Gasteiger partial charge in [-0.05, 0) is 18.6 Å². The van der Waals surface area contributed by atoms with Crippen molar-refractivity contribution in [2.75, 3.05) is 0 Å². The summed E-state index contributed by atoms with van der Waals surface area (Å²) in [6, 6.07) is 18.4. The Morgan fingerprint density at radius 1 is 1.10 bits per heavy atom. The first-order valence-electron chi connectivity index (χ1n) is 7.08. The molecule has 2 nitrogen and oxygen atoms in total. The summed E-state index contributed by atoms with van der Waals surface area (Å²) in [5, 5.41) is 1.10. The van der Waals surface area contributed by atoms with E-state index in [1.807, 2.05) is 43.3 Å². The van der Waals surface area contributed by atoms with E-state index in [0.717, 1.165) is 33.3 Å². The van der Waals surface area contributed by atoms with Gasteiger partial charge in [-0.3, -0.25) is 0 Å². The van der Waals surface area contributed by atoms with Crippen molar-refractivity contribution < 1.29 is 0 Å². The van der Waals surface area contributed by atoms with Crippen LogP contribution in [0.25, 0.3) is 28.2 Å². The summed E-state index contributed by atoms with van der Waals surface area (Å²) in [4.78, 5) is 4.89. The molecule has 2 N–H and O–H groups in total. The number of rotatable bonds is 3. The number of nitrogens with zero attached hydrogens (tertiary/aromatic N) is 1. The van der Waals surface area contributed by atoms with Gasteiger partial charge in [0.05, 0.1) is 11.2 Å². The summed E-state index contributed by atoms with van der Waals surface area (Å²) in [5.74, 6) is 0. The van der Waals surface area contributed by atoms with Gasteiger partial charge in [-0.1, -0.05) is 61.2 Å². The van der Waals surface area contributed by atoms with Crippen LogP contribution in [-0.4, -0.2) is 4.98 Å². The number of nitrogens with two attached hydrogens (primary N) is 1. The van der Waals surface area contributed by atoms with E-state index in [-0.39, 0.29) is 6.04 Å². The Balaban J connectivity index is 2.35. The first-order chi connectivity index (χ1) is 10.2. The van der Waals surface area contributed by atoms with E-state index >= 15 is 0 Å². The van der Waals surface area contributed by atoms with Gasteiger partial charge in [0.15, 0.2) is 0 Å². The third kappa shape index (κ3) is 2.46. The number of para-hydroxylation sites is 1. The van der Waals surface area contributed by atoms with E-state index < -0.39 is 0 Å². The van der Waals surface area contributed by atoms with Crippen molar-refractivity contribution in [1.29, 1.82) is 0 Å². The molecule has 0 bridgehead atoms. The van der Waals surface area contributed by atoms with Crippen LogP contribution in [0.2, 0.25) is 0 Å². The summed E-state index contributed by atoms with van der Waals surface area (Å²) in [6.45, 7) is 5.87. The molecule has 0 aliphatic heterocycles. The Bertz CT molecular complexity index is 789. The number of benzene rings is 2. The predicted octanol–water partition coefficient (Wildman–Crippen LogP) is 4.56. The standard InChI is InChI=1S/C19H18N2/c1-3-14-10-7-11-16-12-17(13(2)20)19(21-18(14)16)15-8-5-4-6-9-15/h3-13H,1,20H2,2H3. The number of pyridine rings is 1. The topological polar surface area (TPSA) is 38.9 Å². The fourth-order valence-electron chi connectivity index (χ4n) is 2.58. The SMILES string of the molecule is C=Cc1cccc2cc(C(C)N)c(-c3ccccc3)nc12. The molecule has 2 aromatic carbocycles. The minimum absolute atomic E-state index is 0.0653. The number of hydrogen-bond acceptors (Lipinski definition) is 2. The highest BCUT2D eigenvalue weighted by Gasteiger charge is 2.13. The second-order valence-corrected chi connectivity index (χ2v) is 5.20. The van der Waals surface area contributed by atoms with Gasteiger partial charge >= 0.3 is 0 Å². The molecule has 0 amide bonds. The summed E-state index contributed by atoms with van der Waals surface area (Å²) < 4.78 is 0. The quantitative estimate of drug-likeness (QED) is 0.760. The first-order valence-corrected chi connectivity index (χ1v) is 7.08. The lowest BCUT2D eigenvalue weighted by Gasteiger charge is -2.14. The lowest BCUT2D eigenvalue weighted by molar-refractivity contribution is 0.817. The zero-order chi connectivity index (χ0) is 14.8. The molecule has 0 fully saturated rings. The zero-order valence-corrected chi connectivity index (χ0v) is 12.1. The Morgan fingerprint density at radius 2 is 1.86 bits per heavy atom. The fourth-order valence-corrected chi connectivity index (χ4v) is 2.58. The van der Waals surface area contributed by atoms with Crippen LogP contribution in [0.4, 0.5) is 0 Å². The van der Waals surface area contributed by atoms with E-state index in [4.69, 9.17) is 10.7 Å². The molecule has 104 valence electrons. The molecule has 2 heteroatoms. The minimum Gasteiger partial charge on any atom is -0.324 e. The van der Waals surface area contributed by atoms with E-state index in [1.165, 1.54) is 0 Å². The highest BCUT2D eigenvalue weighted by molar-refractivity contribution is 5.90. The van der Waals surface area contributed by atoms with E-state index in [2.05, 4.69) is 30.8 Å². The smallest absolute Gasteiger partial charge is 0.0781 e. The summed E-state index contributed by atoms with van der Waals surface area (Å²) in [7, 11) is 0. The van der Waals surface area contributed by atoms with Crippen LogP contribution >= 0.6 is 0 Å². The highest BCUT2D eigenvalue weighted by Crippen LogP contribution is 2.30. The van der Waals surface area contributed by atoms with E-state index in [1.54, 1.807) is 0 Å². The van der Waals surface area contributed by atoms with Gasteiger partial charge in [-0.2, -0.15) is 0 Å². The summed E-state index contributed by atoms with van der Waals surface area (Å²) in [5.41, 5.74) is 11.3. The van der Waals surface area contributed by atoms with Crippen molar-refractivity contribution in [2.24, 2.45) is 5.73 Å². The van der Waals surface area contributed by atoms with Gasteiger partial charge in [0.1, 0.15) is 0 Å². The molecule has 0 spiro atoms. The lowest BCUT2D eigenvalue weighted by Crippen LogP contribution is -2.08. The molecule has 0 aliphatic carbocycles. The second-order valence-electron chi connectivity index (χ2n) is 5.20. The number of aromatic nitrogens is 1. The summed E-state index contributed by atoms with van der Waals surface area (Å²) >= 11 is 0. The van der Waals surface area contributed by atoms with Gasteiger partial charge in [-0.15, -0.1) is 0 Å². The molecule has 0 saturated carbocycles. The minimum atomic E-state index is -0.0653. The Hall–Kier alpha value is -2.45.